The zero-order valence-electron chi connectivity index (χ0n) is 16.6. The van der Waals surface area contributed by atoms with Gasteiger partial charge in [0.25, 0.3) is 0 Å². The summed E-state index contributed by atoms with van der Waals surface area (Å²) in [4.78, 5) is 11.3. The standard InChI is InChI=1S/C20H27N7/c1-14-11-21-12-16(22-14)13-26-9-7-15(8-10-26)19-24-23-18-6-5-17(20(2,3)4)25-27(18)19/h5-6,11-12,15H,7-10,13H2,1-4H3. The molecule has 0 aromatic carbocycles. The van der Waals surface area contributed by atoms with Gasteiger partial charge >= 0.3 is 0 Å². The summed E-state index contributed by atoms with van der Waals surface area (Å²) < 4.78 is 1.95. The molecule has 1 aliphatic heterocycles. The van der Waals surface area contributed by atoms with Gasteiger partial charge in [-0.15, -0.1) is 10.2 Å². The summed E-state index contributed by atoms with van der Waals surface area (Å²) >= 11 is 0. The van der Waals surface area contributed by atoms with Crippen LogP contribution < -0.4 is 0 Å². The Hall–Kier alpha value is -2.41. The highest BCUT2D eigenvalue weighted by molar-refractivity contribution is 5.37. The molecule has 0 bridgehead atoms. The van der Waals surface area contributed by atoms with Crippen molar-refractivity contribution in [1.29, 1.82) is 0 Å². The molecule has 0 amide bonds. The van der Waals surface area contributed by atoms with Crippen LogP contribution in [-0.2, 0) is 12.0 Å². The molecule has 1 saturated heterocycles. The van der Waals surface area contributed by atoms with Crippen molar-refractivity contribution in [2.75, 3.05) is 13.1 Å². The van der Waals surface area contributed by atoms with Crippen LogP contribution >= 0.6 is 0 Å². The molecule has 1 fully saturated rings. The van der Waals surface area contributed by atoms with Crippen LogP contribution in [0.15, 0.2) is 24.5 Å². The van der Waals surface area contributed by atoms with Gasteiger partial charge in [-0.3, -0.25) is 14.9 Å². The minimum atomic E-state index is 0.00788. The van der Waals surface area contributed by atoms with E-state index in [2.05, 4.69) is 51.9 Å². The monoisotopic (exact) mass is 365 g/mol. The maximum Gasteiger partial charge on any atom is 0.177 e. The van der Waals surface area contributed by atoms with E-state index in [0.29, 0.717) is 5.92 Å². The molecular formula is C20H27N7. The normalized spacial score (nSPS) is 16.9. The van der Waals surface area contributed by atoms with Gasteiger partial charge in [0.2, 0.25) is 0 Å². The van der Waals surface area contributed by atoms with E-state index in [1.165, 1.54) is 0 Å². The Morgan fingerprint density at radius 2 is 1.85 bits per heavy atom. The molecule has 142 valence electrons. The molecule has 1 aliphatic rings. The van der Waals surface area contributed by atoms with Gasteiger partial charge in [0, 0.05) is 30.3 Å². The highest BCUT2D eigenvalue weighted by Crippen LogP contribution is 2.28. The van der Waals surface area contributed by atoms with Crippen molar-refractivity contribution >= 4 is 5.65 Å². The molecule has 3 aromatic rings. The second-order valence-corrected chi connectivity index (χ2v) is 8.50. The van der Waals surface area contributed by atoms with Crippen LogP contribution in [0.25, 0.3) is 5.65 Å². The lowest BCUT2D eigenvalue weighted by Crippen LogP contribution is -2.33. The summed E-state index contributed by atoms with van der Waals surface area (Å²) in [5, 5.41) is 13.6. The fourth-order valence-corrected chi connectivity index (χ4v) is 3.63. The van der Waals surface area contributed by atoms with E-state index in [-0.39, 0.29) is 5.41 Å². The summed E-state index contributed by atoms with van der Waals surface area (Å²) in [7, 11) is 0. The molecular weight excluding hydrogens is 338 g/mol. The molecule has 0 unspecified atom stereocenters. The number of likely N-dealkylation sites (tertiary alicyclic amines) is 1. The highest BCUT2D eigenvalue weighted by atomic mass is 15.4. The molecule has 7 nitrogen and oxygen atoms in total. The third kappa shape index (κ3) is 3.83. The summed E-state index contributed by atoms with van der Waals surface area (Å²) in [5.41, 5.74) is 3.91. The van der Waals surface area contributed by atoms with Gasteiger partial charge in [0.05, 0.1) is 17.1 Å². The van der Waals surface area contributed by atoms with E-state index in [9.17, 15) is 0 Å². The van der Waals surface area contributed by atoms with Crippen molar-refractivity contribution in [2.45, 2.75) is 58.4 Å². The van der Waals surface area contributed by atoms with Crippen molar-refractivity contribution < 1.29 is 0 Å². The second kappa shape index (κ2) is 6.96. The lowest BCUT2D eigenvalue weighted by molar-refractivity contribution is 0.198. The fourth-order valence-electron chi connectivity index (χ4n) is 3.63. The van der Waals surface area contributed by atoms with Gasteiger partial charge in [-0.1, -0.05) is 20.8 Å². The molecule has 27 heavy (non-hydrogen) atoms. The van der Waals surface area contributed by atoms with Gasteiger partial charge in [0.15, 0.2) is 11.5 Å². The topological polar surface area (TPSA) is 72.1 Å². The Bertz CT molecular complexity index is 933. The van der Waals surface area contributed by atoms with Crippen LogP contribution in [-0.4, -0.2) is 47.8 Å². The third-order valence-electron chi connectivity index (χ3n) is 5.20. The van der Waals surface area contributed by atoms with E-state index in [4.69, 9.17) is 5.10 Å². The summed E-state index contributed by atoms with van der Waals surface area (Å²) in [5.74, 6) is 1.38. The van der Waals surface area contributed by atoms with Crippen molar-refractivity contribution in [3.63, 3.8) is 0 Å². The van der Waals surface area contributed by atoms with Crippen LogP contribution in [0.2, 0.25) is 0 Å². The van der Waals surface area contributed by atoms with E-state index in [0.717, 1.165) is 61.0 Å². The lowest BCUT2D eigenvalue weighted by Gasteiger charge is -2.30. The average molecular weight is 365 g/mol. The number of piperidine rings is 1. The number of hydrogen-bond acceptors (Lipinski definition) is 6. The number of aryl methyl sites for hydroxylation is 1. The molecule has 4 heterocycles. The largest absolute Gasteiger partial charge is 0.297 e. The molecule has 4 rings (SSSR count). The first-order valence-electron chi connectivity index (χ1n) is 9.63. The van der Waals surface area contributed by atoms with Gasteiger partial charge in [0.1, 0.15) is 0 Å². The minimum Gasteiger partial charge on any atom is -0.297 e. The molecule has 0 spiro atoms. The first-order chi connectivity index (χ1) is 12.9. The number of fused-ring (bicyclic) bond motifs is 1. The van der Waals surface area contributed by atoms with Crippen molar-refractivity contribution in [3.05, 3.63) is 47.4 Å². The lowest BCUT2D eigenvalue weighted by atomic mass is 9.92. The fraction of sp³-hybridized carbons (Fsp3) is 0.550. The molecule has 0 N–H and O–H groups in total. The van der Waals surface area contributed by atoms with Crippen molar-refractivity contribution in [2.24, 2.45) is 0 Å². The Morgan fingerprint density at radius 3 is 2.56 bits per heavy atom. The van der Waals surface area contributed by atoms with Crippen LogP contribution in [0, 0.1) is 6.92 Å². The Balaban J connectivity index is 1.48. The first-order valence-corrected chi connectivity index (χ1v) is 9.63. The van der Waals surface area contributed by atoms with E-state index in [1.54, 1.807) is 6.20 Å². The molecule has 7 heteroatoms. The molecule has 0 radical (unpaired) electrons. The maximum absolute atomic E-state index is 4.84. The van der Waals surface area contributed by atoms with E-state index < -0.39 is 0 Å². The van der Waals surface area contributed by atoms with Crippen molar-refractivity contribution in [3.8, 4) is 0 Å². The first kappa shape index (κ1) is 18.0. The molecule has 0 aliphatic carbocycles. The van der Waals surface area contributed by atoms with Crippen LogP contribution in [0.1, 0.15) is 62.4 Å². The third-order valence-corrected chi connectivity index (χ3v) is 5.20. The Kier molecular flexibility index (Phi) is 4.63. The van der Waals surface area contributed by atoms with E-state index in [1.807, 2.05) is 23.7 Å². The van der Waals surface area contributed by atoms with Gasteiger partial charge in [-0.2, -0.15) is 9.61 Å². The smallest absolute Gasteiger partial charge is 0.177 e. The predicted molar refractivity (Wildman–Crippen MR) is 104 cm³/mol. The predicted octanol–water partition coefficient (Wildman–Crippen LogP) is 2.90. The van der Waals surface area contributed by atoms with Crippen LogP contribution in [0.5, 0.6) is 0 Å². The maximum atomic E-state index is 4.84. The zero-order chi connectivity index (χ0) is 19.0. The Labute approximate surface area is 159 Å². The zero-order valence-corrected chi connectivity index (χ0v) is 16.6. The molecule has 0 saturated carbocycles. The second-order valence-electron chi connectivity index (χ2n) is 8.50. The average Bonchev–Trinajstić information content (AvgIpc) is 3.05. The van der Waals surface area contributed by atoms with E-state index >= 15 is 0 Å². The minimum absolute atomic E-state index is 0.00788. The summed E-state index contributed by atoms with van der Waals surface area (Å²) in [6.45, 7) is 11.4. The number of aromatic nitrogens is 6. The van der Waals surface area contributed by atoms with Gasteiger partial charge < -0.3 is 0 Å². The molecule has 0 atom stereocenters. The number of hydrogen-bond donors (Lipinski definition) is 0. The van der Waals surface area contributed by atoms with Gasteiger partial charge in [-0.25, -0.2) is 0 Å². The number of rotatable bonds is 3. The van der Waals surface area contributed by atoms with Gasteiger partial charge in [-0.05, 0) is 45.0 Å². The van der Waals surface area contributed by atoms with Crippen molar-refractivity contribution in [1.82, 2.24) is 34.7 Å². The highest BCUT2D eigenvalue weighted by Gasteiger charge is 2.26. The Morgan fingerprint density at radius 1 is 1.07 bits per heavy atom. The molecule has 3 aromatic heterocycles. The summed E-state index contributed by atoms with van der Waals surface area (Å²) in [6.07, 6.45) is 5.77. The van der Waals surface area contributed by atoms with Crippen LogP contribution in [0.3, 0.4) is 0 Å². The number of nitrogens with zero attached hydrogens (tertiary/aromatic N) is 7. The summed E-state index contributed by atoms with van der Waals surface area (Å²) in [6, 6.07) is 4.08. The SMILES string of the molecule is Cc1cncc(CN2CCC(c3nnc4ccc(C(C)(C)C)nn34)CC2)n1. The quantitative estimate of drug-likeness (QED) is 0.711. The van der Waals surface area contributed by atoms with Crippen LogP contribution in [0.4, 0.5) is 0 Å².